The molecule has 3 nitrogen and oxygen atoms in total. The number of rotatable bonds is 1. The number of nitrogens with zero attached hydrogens (tertiary/aromatic N) is 1. The zero-order valence-electron chi connectivity index (χ0n) is 9.41. The normalized spacial score (nSPS) is 24.1. The molecular weight excluding hydrogens is 228 g/mol. The molecule has 17 heavy (non-hydrogen) atoms. The molecule has 0 aliphatic carbocycles. The third-order valence-electron chi connectivity index (χ3n) is 2.92. The lowest BCUT2D eigenvalue weighted by atomic mass is 10.1. The zero-order chi connectivity index (χ0) is 12.6. The number of aliphatic hydroxyl groups is 1. The maximum absolute atomic E-state index is 13.4. The summed E-state index contributed by atoms with van der Waals surface area (Å²) in [7, 11) is 0. The summed E-state index contributed by atoms with van der Waals surface area (Å²) in [6, 6.07) is 3.30. The summed E-state index contributed by atoms with van der Waals surface area (Å²) in [5, 5.41) is 9.72. The highest BCUT2D eigenvalue weighted by atomic mass is 19.1. The number of β-amino-alcohol motifs (C(OH)–C–C–N with tert-alkyl or cyclic N) is 1. The average Bonchev–Trinajstić information content (AvgIpc) is 2.58. The molecule has 0 aromatic heterocycles. The SMILES string of the molecule is CC1(O)CCN(C(=O)c2c(F)cccc2F)C1. The maximum atomic E-state index is 13.4. The highest BCUT2D eigenvalue weighted by Gasteiger charge is 2.35. The molecule has 1 N–H and O–H groups in total. The number of amides is 1. The van der Waals surface area contributed by atoms with Crippen LogP contribution in [0.3, 0.4) is 0 Å². The zero-order valence-corrected chi connectivity index (χ0v) is 9.41. The molecular formula is C12H13F2NO2. The summed E-state index contributed by atoms with van der Waals surface area (Å²) in [6.07, 6.45) is 0.412. The summed E-state index contributed by atoms with van der Waals surface area (Å²) in [5.74, 6) is -2.46. The summed E-state index contributed by atoms with van der Waals surface area (Å²) in [5.41, 5.74) is -1.53. The molecule has 1 aliphatic heterocycles. The van der Waals surface area contributed by atoms with Crippen molar-refractivity contribution >= 4 is 5.91 Å². The lowest BCUT2D eigenvalue weighted by Crippen LogP contribution is -2.34. The van der Waals surface area contributed by atoms with Crippen LogP contribution in [-0.2, 0) is 0 Å². The van der Waals surface area contributed by atoms with Gasteiger partial charge in [0.05, 0.1) is 5.60 Å². The summed E-state index contributed by atoms with van der Waals surface area (Å²) in [4.78, 5) is 13.2. The Labute approximate surface area is 97.7 Å². The lowest BCUT2D eigenvalue weighted by Gasteiger charge is -2.19. The largest absolute Gasteiger partial charge is 0.388 e. The molecule has 0 bridgehead atoms. The van der Waals surface area contributed by atoms with Gasteiger partial charge in [0.15, 0.2) is 0 Å². The van der Waals surface area contributed by atoms with Crippen LogP contribution in [0.5, 0.6) is 0 Å². The molecule has 0 radical (unpaired) electrons. The number of hydrogen-bond acceptors (Lipinski definition) is 2. The average molecular weight is 241 g/mol. The van der Waals surface area contributed by atoms with Crippen LogP contribution in [0.1, 0.15) is 23.7 Å². The molecule has 2 rings (SSSR count). The molecule has 1 fully saturated rings. The van der Waals surface area contributed by atoms with Crippen molar-refractivity contribution in [3.05, 3.63) is 35.4 Å². The van der Waals surface area contributed by atoms with Gasteiger partial charge in [0.25, 0.3) is 5.91 Å². The first kappa shape index (κ1) is 12.0. The molecule has 1 aliphatic rings. The van der Waals surface area contributed by atoms with Crippen molar-refractivity contribution in [1.29, 1.82) is 0 Å². The van der Waals surface area contributed by atoms with Crippen LogP contribution in [0.4, 0.5) is 8.78 Å². The Kier molecular flexibility index (Phi) is 2.87. The van der Waals surface area contributed by atoms with E-state index in [4.69, 9.17) is 0 Å². The quantitative estimate of drug-likeness (QED) is 0.810. The van der Waals surface area contributed by atoms with Crippen LogP contribution in [0, 0.1) is 11.6 Å². The molecule has 1 heterocycles. The predicted molar refractivity (Wildman–Crippen MR) is 57.5 cm³/mol. The van der Waals surface area contributed by atoms with E-state index in [1.54, 1.807) is 6.92 Å². The van der Waals surface area contributed by atoms with E-state index in [9.17, 15) is 18.7 Å². The van der Waals surface area contributed by atoms with Gasteiger partial charge in [-0.3, -0.25) is 4.79 Å². The number of carbonyl (C=O) groups is 1. The Morgan fingerprint density at radius 3 is 2.47 bits per heavy atom. The van der Waals surface area contributed by atoms with Crippen LogP contribution in [0.25, 0.3) is 0 Å². The van der Waals surface area contributed by atoms with Crippen LogP contribution >= 0.6 is 0 Å². The number of hydrogen-bond donors (Lipinski definition) is 1. The standard InChI is InChI=1S/C12H13F2NO2/c1-12(17)5-6-15(7-12)11(16)10-8(13)3-2-4-9(10)14/h2-4,17H,5-7H2,1H3. The van der Waals surface area contributed by atoms with Crippen LogP contribution in [-0.4, -0.2) is 34.6 Å². The summed E-state index contributed by atoms with van der Waals surface area (Å²) >= 11 is 0. The van der Waals surface area contributed by atoms with E-state index in [1.807, 2.05) is 0 Å². The third-order valence-corrected chi connectivity index (χ3v) is 2.92. The minimum Gasteiger partial charge on any atom is -0.388 e. The molecule has 1 unspecified atom stereocenters. The minimum atomic E-state index is -0.975. The van der Waals surface area contributed by atoms with Crippen molar-refractivity contribution in [3.8, 4) is 0 Å². The van der Waals surface area contributed by atoms with E-state index < -0.39 is 28.7 Å². The second kappa shape index (κ2) is 4.07. The molecule has 92 valence electrons. The van der Waals surface area contributed by atoms with Crippen LogP contribution < -0.4 is 0 Å². The van der Waals surface area contributed by atoms with E-state index in [0.29, 0.717) is 13.0 Å². The van der Waals surface area contributed by atoms with E-state index in [0.717, 1.165) is 12.1 Å². The molecule has 1 saturated heterocycles. The Morgan fingerprint density at radius 2 is 2.00 bits per heavy atom. The third kappa shape index (κ3) is 2.29. The van der Waals surface area contributed by atoms with Gasteiger partial charge in [0.1, 0.15) is 17.2 Å². The van der Waals surface area contributed by atoms with Crippen molar-refractivity contribution in [2.75, 3.05) is 13.1 Å². The fourth-order valence-electron chi connectivity index (χ4n) is 1.98. The number of benzene rings is 1. The Morgan fingerprint density at radius 1 is 1.41 bits per heavy atom. The van der Waals surface area contributed by atoms with Gasteiger partial charge in [-0.05, 0) is 25.5 Å². The van der Waals surface area contributed by atoms with Crippen molar-refractivity contribution in [1.82, 2.24) is 4.90 Å². The van der Waals surface area contributed by atoms with E-state index >= 15 is 0 Å². The fraction of sp³-hybridized carbons (Fsp3) is 0.417. The topological polar surface area (TPSA) is 40.5 Å². The highest BCUT2D eigenvalue weighted by Crippen LogP contribution is 2.23. The van der Waals surface area contributed by atoms with E-state index in [1.165, 1.54) is 11.0 Å². The van der Waals surface area contributed by atoms with Crippen molar-refractivity contribution in [2.24, 2.45) is 0 Å². The molecule has 1 atom stereocenters. The molecule has 1 aromatic rings. The van der Waals surface area contributed by atoms with Gasteiger partial charge in [-0.2, -0.15) is 0 Å². The van der Waals surface area contributed by atoms with E-state index in [2.05, 4.69) is 0 Å². The fourth-order valence-corrected chi connectivity index (χ4v) is 1.98. The first-order chi connectivity index (χ1) is 7.91. The number of carbonyl (C=O) groups excluding carboxylic acids is 1. The molecule has 1 aromatic carbocycles. The summed E-state index contributed by atoms with van der Waals surface area (Å²) in [6.45, 7) is 2.00. The lowest BCUT2D eigenvalue weighted by molar-refractivity contribution is 0.0566. The molecule has 0 saturated carbocycles. The Balaban J connectivity index is 2.27. The van der Waals surface area contributed by atoms with Crippen LogP contribution in [0.15, 0.2) is 18.2 Å². The van der Waals surface area contributed by atoms with Gasteiger partial charge in [-0.25, -0.2) is 8.78 Å². The van der Waals surface area contributed by atoms with Gasteiger partial charge in [-0.15, -0.1) is 0 Å². The second-order valence-electron chi connectivity index (χ2n) is 4.57. The first-order valence-electron chi connectivity index (χ1n) is 5.36. The molecule has 5 heteroatoms. The van der Waals surface area contributed by atoms with Crippen LogP contribution in [0.2, 0.25) is 0 Å². The highest BCUT2D eigenvalue weighted by molar-refractivity contribution is 5.95. The van der Waals surface area contributed by atoms with Gasteiger partial charge >= 0.3 is 0 Å². The van der Waals surface area contributed by atoms with Gasteiger partial charge in [-0.1, -0.05) is 6.07 Å². The van der Waals surface area contributed by atoms with Gasteiger partial charge in [0, 0.05) is 13.1 Å². The van der Waals surface area contributed by atoms with Crippen molar-refractivity contribution < 1.29 is 18.7 Å². The first-order valence-corrected chi connectivity index (χ1v) is 5.36. The predicted octanol–water partition coefficient (Wildman–Crippen LogP) is 1.56. The number of likely N-dealkylation sites (tertiary alicyclic amines) is 1. The number of halogens is 2. The Hall–Kier alpha value is -1.49. The maximum Gasteiger partial charge on any atom is 0.259 e. The van der Waals surface area contributed by atoms with Crippen molar-refractivity contribution in [3.63, 3.8) is 0 Å². The van der Waals surface area contributed by atoms with E-state index in [-0.39, 0.29) is 6.54 Å². The minimum absolute atomic E-state index is 0.0968. The monoisotopic (exact) mass is 241 g/mol. The molecule has 0 spiro atoms. The second-order valence-corrected chi connectivity index (χ2v) is 4.57. The molecule has 1 amide bonds. The van der Waals surface area contributed by atoms with Crippen molar-refractivity contribution in [2.45, 2.75) is 18.9 Å². The van der Waals surface area contributed by atoms with Gasteiger partial charge < -0.3 is 10.0 Å². The van der Waals surface area contributed by atoms with Gasteiger partial charge in [0.2, 0.25) is 0 Å². The smallest absolute Gasteiger partial charge is 0.259 e. The summed E-state index contributed by atoms with van der Waals surface area (Å²) < 4.78 is 26.8. The Bertz CT molecular complexity index is 440.